The fourth-order valence-corrected chi connectivity index (χ4v) is 1.08. The van der Waals surface area contributed by atoms with Crippen molar-refractivity contribution in [2.45, 2.75) is 6.43 Å². The molecule has 1 rings (SSSR count). The minimum atomic E-state index is -2.83. The Morgan fingerprint density at radius 2 is 2.00 bits per heavy atom. The molecular weight excluding hydrogens is 203 g/mol. The monoisotopic (exact) mass is 205 g/mol. The van der Waals surface area contributed by atoms with E-state index < -0.39 is 28.4 Å². The molecule has 0 amide bonds. The summed E-state index contributed by atoms with van der Waals surface area (Å²) in [6.45, 7) is 0. The van der Waals surface area contributed by atoms with Crippen LogP contribution in [-0.2, 0) is 0 Å². The molecule has 0 aliphatic carbocycles. The van der Waals surface area contributed by atoms with Gasteiger partial charge in [-0.05, 0) is 12.1 Å². The number of nitriles is 1. The molecule has 5 heteroatoms. The third kappa shape index (κ3) is 1.76. The molecule has 1 nitrogen and oxygen atoms in total. The van der Waals surface area contributed by atoms with Gasteiger partial charge in [-0.3, -0.25) is 0 Å². The lowest BCUT2D eigenvalue weighted by Gasteiger charge is -2.04. The summed E-state index contributed by atoms with van der Waals surface area (Å²) < 4.78 is 37.1. The number of nitrogens with zero attached hydrogens (tertiary/aromatic N) is 1. The van der Waals surface area contributed by atoms with Crippen molar-refractivity contribution in [1.29, 1.82) is 5.26 Å². The topological polar surface area (TPSA) is 23.8 Å². The first-order chi connectivity index (χ1) is 6.07. The molecule has 0 radical (unpaired) electrons. The average Bonchev–Trinajstić information content (AvgIpc) is 2.09. The predicted molar refractivity (Wildman–Crippen MR) is 41.1 cm³/mol. The van der Waals surface area contributed by atoms with E-state index in [9.17, 15) is 13.2 Å². The van der Waals surface area contributed by atoms with Crippen molar-refractivity contribution in [2.75, 3.05) is 0 Å². The second-order valence-electron chi connectivity index (χ2n) is 2.24. The molecule has 0 saturated heterocycles. The maximum Gasteiger partial charge on any atom is 0.265 e. The first-order valence-corrected chi connectivity index (χ1v) is 3.62. The Kier molecular flexibility index (Phi) is 2.79. The summed E-state index contributed by atoms with van der Waals surface area (Å²) >= 11 is 5.31. The van der Waals surface area contributed by atoms with Gasteiger partial charge in [-0.2, -0.15) is 5.26 Å². The molecule has 68 valence electrons. The Bertz CT molecular complexity index is 370. The van der Waals surface area contributed by atoms with E-state index in [0.29, 0.717) is 0 Å². The van der Waals surface area contributed by atoms with Crippen molar-refractivity contribution in [3.05, 3.63) is 34.1 Å². The van der Waals surface area contributed by atoms with Crippen molar-refractivity contribution < 1.29 is 13.2 Å². The number of hydrogen-bond donors (Lipinski definition) is 0. The highest BCUT2D eigenvalue weighted by Gasteiger charge is 2.17. The van der Waals surface area contributed by atoms with Crippen molar-refractivity contribution in [3.8, 4) is 6.07 Å². The van der Waals surface area contributed by atoms with E-state index in [-0.39, 0.29) is 0 Å². The van der Waals surface area contributed by atoms with Crippen LogP contribution in [-0.4, -0.2) is 0 Å². The fourth-order valence-electron chi connectivity index (χ4n) is 0.861. The molecular formula is C8H3ClF3N. The summed E-state index contributed by atoms with van der Waals surface area (Å²) in [5.41, 5.74) is -1.05. The average molecular weight is 206 g/mol. The Morgan fingerprint density at radius 3 is 2.46 bits per heavy atom. The summed E-state index contributed by atoms with van der Waals surface area (Å²) in [6.07, 6.45) is -2.83. The molecule has 0 heterocycles. The van der Waals surface area contributed by atoms with E-state index >= 15 is 0 Å². The largest absolute Gasteiger partial charge is 0.265 e. The third-order valence-corrected chi connectivity index (χ3v) is 1.84. The smallest absolute Gasteiger partial charge is 0.205 e. The van der Waals surface area contributed by atoms with Gasteiger partial charge in [0.15, 0.2) is 0 Å². The zero-order valence-electron chi connectivity index (χ0n) is 6.19. The second-order valence-corrected chi connectivity index (χ2v) is 2.62. The fraction of sp³-hybridized carbons (Fsp3) is 0.125. The summed E-state index contributed by atoms with van der Waals surface area (Å²) in [5, 5.41) is 7.88. The van der Waals surface area contributed by atoms with Crippen LogP contribution in [0.3, 0.4) is 0 Å². The van der Waals surface area contributed by atoms with Crippen LogP contribution in [0, 0.1) is 17.1 Å². The molecule has 1 aromatic rings. The molecule has 0 fully saturated rings. The summed E-state index contributed by atoms with van der Waals surface area (Å²) in [6, 6.07) is 3.10. The lowest BCUT2D eigenvalue weighted by Crippen LogP contribution is -1.93. The minimum absolute atomic E-state index is 0.503. The SMILES string of the molecule is N#Cc1c(C(F)F)ccc(F)c1Cl. The van der Waals surface area contributed by atoms with Gasteiger partial charge in [0.1, 0.15) is 11.9 Å². The number of rotatable bonds is 1. The van der Waals surface area contributed by atoms with E-state index in [4.69, 9.17) is 16.9 Å². The van der Waals surface area contributed by atoms with Crippen LogP contribution >= 0.6 is 11.6 Å². The maximum absolute atomic E-state index is 12.7. The Morgan fingerprint density at radius 1 is 1.38 bits per heavy atom. The number of hydrogen-bond acceptors (Lipinski definition) is 1. The van der Waals surface area contributed by atoms with Gasteiger partial charge in [-0.15, -0.1) is 0 Å². The number of benzene rings is 1. The van der Waals surface area contributed by atoms with Gasteiger partial charge in [-0.25, -0.2) is 13.2 Å². The highest BCUT2D eigenvalue weighted by atomic mass is 35.5. The van der Waals surface area contributed by atoms with Crippen LogP contribution in [0.15, 0.2) is 12.1 Å². The summed E-state index contributed by atoms with van der Waals surface area (Å²) in [4.78, 5) is 0. The predicted octanol–water partition coefficient (Wildman–Crippen LogP) is 3.29. The molecule has 0 atom stereocenters. The minimum Gasteiger partial charge on any atom is -0.205 e. The quantitative estimate of drug-likeness (QED) is 0.690. The molecule has 0 aliphatic heterocycles. The van der Waals surface area contributed by atoms with Crippen LogP contribution in [0.4, 0.5) is 13.2 Å². The van der Waals surface area contributed by atoms with Gasteiger partial charge in [0.2, 0.25) is 0 Å². The zero-order chi connectivity index (χ0) is 10.0. The van der Waals surface area contributed by atoms with Crippen LogP contribution in [0.2, 0.25) is 5.02 Å². The van der Waals surface area contributed by atoms with Crippen molar-refractivity contribution in [3.63, 3.8) is 0 Å². The Balaban J connectivity index is 3.41. The summed E-state index contributed by atoms with van der Waals surface area (Å²) in [5.74, 6) is -0.873. The van der Waals surface area contributed by atoms with Gasteiger partial charge in [0.05, 0.1) is 10.6 Å². The van der Waals surface area contributed by atoms with E-state index in [1.54, 1.807) is 0 Å². The Labute approximate surface area is 77.4 Å². The Hall–Kier alpha value is -1.21. The van der Waals surface area contributed by atoms with Gasteiger partial charge in [0.25, 0.3) is 6.43 Å². The first kappa shape index (κ1) is 9.87. The standard InChI is InChI=1S/C8H3ClF3N/c9-7-5(3-13)4(8(11)12)1-2-6(7)10/h1-2,8H. The van der Waals surface area contributed by atoms with Crippen LogP contribution < -0.4 is 0 Å². The van der Waals surface area contributed by atoms with Gasteiger partial charge in [0, 0.05) is 5.56 Å². The van der Waals surface area contributed by atoms with Crippen molar-refractivity contribution in [2.24, 2.45) is 0 Å². The van der Waals surface area contributed by atoms with Crippen LogP contribution in [0.25, 0.3) is 0 Å². The highest BCUT2D eigenvalue weighted by molar-refractivity contribution is 6.32. The highest BCUT2D eigenvalue weighted by Crippen LogP contribution is 2.29. The van der Waals surface area contributed by atoms with Crippen molar-refractivity contribution >= 4 is 11.6 Å². The lowest BCUT2D eigenvalue weighted by molar-refractivity contribution is 0.151. The normalized spacial score (nSPS) is 10.2. The van der Waals surface area contributed by atoms with Crippen LogP contribution in [0.5, 0.6) is 0 Å². The molecule has 0 N–H and O–H groups in total. The van der Waals surface area contributed by atoms with Gasteiger partial charge < -0.3 is 0 Å². The first-order valence-electron chi connectivity index (χ1n) is 3.24. The third-order valence-electron chi connectivity index (χ3n) is 1.47. The van der Waals surface area contributed by atoms with E-state index in [2.05, 4.69) is 0 Å². The maximum atomic E-state index is 12.7. The van der Waals surface area contributed by atoms with Crippen LogP contribution in [0.1, 0.15) is 17.6 Å². The molecule has 0 aliphatic rings. The van der Waals surface area contributed by atoms with E-state index in [0.717, 1.165) is 12.1 Å². The van der Waals surface area contributed by atoms with E-state index in [1.807, 2.05) is 0 Å². The molecule has 0 bridgehead atoms. The molecule has 0 spiro atoms. The molecule has 0 unspecified atom stereocenters. The molecule has 0 saturated carbocycles. The lowest BCUT2D eigenvalue weighted by atomic mass is 10.1. The molecule has 13 heavy (non-hydrogen) atoms. The van der Waals surface area contributed by atoms with Gasteiger partial charge >= 0.3 is 0 Å². The number of halogens is 4. The molecule has 0 aromatic heterocycles. The zero-order valence-corrected chi connectivity index (χ0v) is 6.95. The molecule has 1 aromatic carbocycles. The van der Waals surface area contributed by atoms with Crippen molar-refractivity contribution in [1.82, 2.24) is 0 Å². The van der Waals surface area contributed by atoms with Gasteiger partial charge in [-0.1, -0.05) is 11.6 Å². The second kappa shape index (κ2) is 3.67. The number of alkyl halides is 2. The summed E-state index contributed by atoms with van der Waals surface area (Å²) in [7, 11) is 0. The van der Waals surface area contributed by atoms with E-state index in [1.165, 1.54) is 6.07 Å².